The van der Waals surface area contributed by atoms with Crippen LogP contribution in [-0.4, -0.2) is 21.4 Å². The van der Waals surface area contributed by atoms with Gasteiger partial charge >= 0.3 is 0 Å². The molecule has 0 bridgehead atoms. The molecule has 0 unspecified atom stereocenters. The van der Waals surface area contributed by atoms with Crippen LogP contribution in [0.2, 0.25) is 10.0 Å². The Morgan fingerprint density at radius 1 is 0.933 bits per heavy atom. The Balaban J connectivity index is 2.05. The Morgan fingerprint density at radius 3 is 2.17 bits per heavy atom. The second kappa shape index (κ2) is 9.34. The van der Waals surface area contributed by atoms with Crippen molar-refractivity contribution in [1.29, 1.82) is 0 Å². The molecule has 3 rings (SSSR count). The topological polar surface area (TPSA) is 63.7 Å². The number of amides is 1. The average molecular weight is 462 g/mol. The molecule has 0 aliphatic heterocycles. The third kappa shape index (κ3) is 4.84. The number of sulfonamides is 1. The van der Waals surface area contributed by atoms with Gasteiger partial charge in [-0.3, -0.25) is 4.79 Å². The Hall–Kier alpha value is -2.80. The van der Waals surface area contributed by atoms with E-state index in [4.69, 9.17) is 27.9 Å². The van der Waals surface area contributed by atoms with Gasteiger partial charge in [-0.25, -0.2) is 8.42 Å². The fourth-order valence-corrected chi connectivity index (χ4v) is 4.37. The van der Waals surface area contributed by atoms with E-state index in [0.29, 0.717) is 21.4 Å². The minimum Gasteiger partial charge on any atom is -0.497 e. The van der Waals surface area contributed by atoms with Gasteiger partial charge in [0, 0.05) is 16.1 Å². The van der Waals surface area contributed by atoms with Crippen molar-refractivity contribution < 1.29 is 17.9 Å². The predicted molar refractivity (Wildman–Crippen MR) is 120 cm³/mol. The van der Waals surface area contributed by atoms with Gasteiger partial charge in [0.2, 0.25) is 0 Å². The first-order chi connectivity index (χ1) is 14.3. The Kier molecular flexibility index (Phi) is 6.82. The van der Waals surface area contributed by atoms with Gasteiger partial charge in [-0.2, -0.15) is 4.31 Å². The molecule has 1 amide bonds. The number of benzene rings is 3. The normalized spacial score (nSPS) is 11.4. The summed E-state index contributed by atoms with van der Waals surface area (Å²) < 4.78 is 32.4. The van der Waals surface area contributed by atoms with Gasteiger partial charge in [0.15, 0.2) is 0 Å². The zero-order valence-electron chi connectivity index (χ0n) is 15.8. The quantitative estimate of drug-likeness (QED) is 0.458. The summed E-state index contributed by atoms with van der Waals surface area (Å²) in [6.07, 6.45) is 2.64. The molecule has 0 aromatic heterocycles. The van der Waals surface area contributed by atoms with Crippen molar-refractivity contribution in [3.63, 3.8) is 0 Å². The Morgan fingerprint density at radius 2 is 1.57 bits per heavy atom. The molecule has 0 radical (unpaired) electrons. The van der Waals surface area contributed by atoms with Crippen molar-refractivity contribution in [3.05, 3.63) is 94.5 Å². The highest BCUT2D eigenvalue weighted by Gasteiger charge is 2.29. The average Bonchev–Trinajstić information content (AvgIpc) is 2.74. The number of rotatable bonds is 6. The molecule has 30 heavy (non-hydrogen) atoms. The summed E-state index contributed by atoms with van der Waals surface area (Å²) in [6.45, 7) is 0. The van der Waals surface area contributed by atoms with Crippen molar-refractivity contribution in [2.45, 2.75) is 4.90 Å². The highest BCUT2D eigenvalue weighted by Crippen LogP contribution is 2.27. The van der Waals surface area contributed by atoms with Crippen LogP contribution >= 0.6 is 23.2 Å². The van der Waals surface area contributed by atoms with Crippen molar-refractivity contribution in [1.82, 2.24) is 0 Å². The molecule has 8 heteroatoms. The van der Waals surface area contributed by atoms with Crippen LogP contribution in [0.25, 0.3) is 6.08 Å². The fraction of sp³-hybridized carbons (Fsp3) is 0.0455. The summed E-state index contributed by atoms with van der Waals surface area (Å²) in [7, 11) is -2.71. The number of nitrogens with zero attached hydrogens (tertiary/aromatic N) is 1. The molecule has 154 valence electrons. The third-order valence-electron chi connectivity index (χ3n) is 4.17. The van der Waals surface area contributed by atoms with E-state index in [-0.39, 0.29) is 10.6 Å². The molecule has 3 aromatic carbocycles. The maximum absolute atomic E-state index is 13.3. The van der Waals surface area contributed by atoms with Gasteiger partial charge in [0.25, 0.3) is 15.9 Å². The standard InChI is InChI=1S/C22H17Cl2NO4S/c1-29-19-11-9-18(10-12-19)25(30(27,28)20-13-7-17(23)8-14-20)22(26)15-6-16-4-2-3-5-21(16)24/h2-15H,1H3/b15-6+. The molecule has 0 N–H and O–H groups in total. The van der Waals surface area contributed by atoms with Gasteiger partial charge in [-0.15, -0.1) is 0 Å². The molecule has 3 aromatic rings. The molecule has 0 aliphatic rings. The summed E-state index contributed by atoms with van der Waals surface area (Å²) in [4.78, 5) is 13.0. The predicted octanol–water partition coefficient (Wildman–Crippen LogP) is 5.44. The number of methoxy groups -OCH3 is 1. The summed E-state index contributed by atoms with van der Waals surface area (Å²) in [5, 5.41) is 0.827. The van der Waals surface area contributed by atoms with E-state index < -0.39 is 15.9 Å². The number of anilines is 1. The molecule has 0 fully saturated rings. The maximum atomic E-state index is 13.3. The largest absolute Gasteiger partial charge is 0.497 e. The molecule has 0 atom stereocenters. The van der Waals surface area contributed by atoms with Gasteiger partial charge in [0.05, 0.1) is 17.7 Å². The number of hydrogen-bond donors (Lipinski definition) is 0. The Bertz CT molecular complexity index is 1170. The zero-order chi connectivity index (χ0) is 21.7. The van der Waals surface area contributed by atoms with Gasteiger partial charge in [0.1, 0.15) is 5.75 Å². The summed E-state index contributed by atoms with van der Waals surface area (Å²) in [5.41, 5.74) is 0.755. The fourth-order valence-electron chi connectivity index (χ4n) is 2.65. The molecule has 0 heterocycles. The summed E-state index contributed by atoms with van der Waals surface area (Å²) >= 11 is 12.0. The molecular formula is C22H17Cl2NO4S. The molecule has 0 saturated carbocycles. The maximum Gasteiger partial charge on any atom is 0.271 e. The molecule has 0 aliphatic carbocycles. The lowest BCUT2D eigenvalue weighted by molar-refractivity contribution is -0.113. The number of halogens is 2. The van der Waals surface area contributed by atoms with Crippen molar-refractivity contribution in [2.75, 3.05) is 11.4 Å². The van der Waals surface area contributed by atoms with E-state index in [1.54, 1.807) is 36.4 Å². The first-order valence-electron chi connectivity index (χ1n) is 8.74. The SMILES string of the molecule is COc1ccc(N(C(=O)/C=C/c2ccccc2Cl)S(=O)(=O)c2ccc(Cl)cc2)cc1. The van der Waals surface area contributed by atoms with Crippen LogP contribution in [0.4, 0.5) is 5.69 Å². The van der Waals surface area contributed by atoms with E-state index in [1.165, 1.54) is 55.7 Å². The first kappa shape index (κ1) is 21.9. The minimum absolute atomic E-state index is 0.0674. The van der Waals surface area contributed by atoms with E-state index >= 15 is 0 Å². The van der Waals surface area contributed by atoms with Crippen molar-refractivity contribution >= 4 is 50.9 Å². The number of hydrogen-bond acceptors (Lipinski definition) is 4. The van der Waals surface area contributed by atoms with Crippen molar-refractivity contribution in [3.8, 4) is 5.75 Å². The van der Waals surface area contributed by atoms with Gasteiger partial charge in [-0.05, 0) is 66.2 Å². The van der Waals surface area contributed by atoms with Crippen LogP contribution in [0.15, 0.2) is 83.8 Å². The van der Waals surface area contributed by atoms with Crippen LogP contribution in [-0.2, 0) is 14.8 Å². The van der Waals surface area contributed by atoms with E-state index in [9.17, 15) is 13.2 Å². The molecule has 5 nitrogen and oxygen atoms in total. The van der Waals surface area contributed by atoms with E-state index in [1.807, 2.05) is 0 Å². The van der Waals surface area contributed by atoms with Gasteiger partial charge in [-0.1, -0.05) is 41.4 Å². The first-order valence-corrected chi connectivity index (χ1v) is 10.9. The van der Waals surface area contributed by atoms with E-state index in [2.05, 4.69) is 0 Å². The highest BCUT2D eigenvalue weighted by molar-refractivity contribution is 7.93. The van der Waals surface area contributed by atoms with Crippen LogP contribution in [0.3, 0.4) is 0 Å². The second-order valence-electron chi connectivity index (χ2n) is 6.11. The van der Waals surface area contributed by atoms with Crippen molar-refractivity contribution in [2.24, 2.45) is 0 Å². The van der Waals surface area contributed by atoms with Crippen LogP contribution in [0.5, 0.6) is 5.75 Å². The van der Waals surface area contributed by atoms with Gasteiger partial charge < -0.3 is 4.74 Å². The summed E-state index contributed by atoms with van der Waals surface area (Å²) in [6, 6.07) is 18.7. The van der Waals surface area contributed by atoms with Crippen LogP contribution in [0, 0.1) is 0 Å². The monoisotopic (exact) mass is 461 g/mol. The van der Waals surface area contributed by atoms with E-state index in [0.717, 1.165) is 4.31 Å². The second-order valence-corrected chi connectivity index (χ2v) is 8.74. The summed E-state index contributed by atoms with van der Waals surface area (Å²) in [5.74, 6) is -0.225. The lowest BCUT2D eigenvalue weighted by Crippen LogP contribution is -2.35. The van der Waals surface area contributed by atoms with Crippen LogP contribution in [0.1, 0.15) is 5.56 Å². The van der Waals surface area contributed by atoms with Crippen LogP contribution < -0.4 is 9.04 Å². The molecular weight excluding hydrogens is 445 g/mol. The molecule has 0 spiro atoms. The minimum atomic E-state index is -4.20. The molecule has 0 saturated heterocycles. The lowest BCUT2D eigenvalue weighted by Gasteiger charge is -2.21. The number of carbonyl (C=O) groups excluding carboxylic acids is 1. The lowest BCUT2D eigenvalue weighted by atomic mass is 10.2. The number of carbonyl (C=O) groups is 1. The highest BCUT2D eigenvalue weighted by atomic mass is 35.5. The smallest absolute Gasteiger partial charge is 0.271 e. The number of ether oxygens (including phenoxy) is 1. The zero-order valence-corrected chi connectivity index (χ0v) is 18.2. The Labute approximate surface area is 185 Å². The third-order valence-corrected chi connectivity index (χ3v) is 6.51.